The second kappa shape index (κ2) is 6.13. The fraction of sp³-hybridized carbons (Fsp3) is 0.438. The Balaban J connectivity index is 1.93. The van der Waals surface area contributed by atoms with E-state index in [4.69, 9.17) is 27.9 Å². The third-order valence-corrected chi connectivity index (χ3v) is 5.02. The second-order valence-corrected chi connectivity index (χ2v) is 7.37. The number of esters is 1. The normalized spacial score (nSPS) is 22.8. The van der Waals surface area contributed by atoms with Gasteiger partial charge in [0.15, 0.2) is 11.9 Å². The number of hydrogen-bond acceptors (Lipinski definition) is 4. The molecule has 0 saturated heterocycles. The van der Waals surface area contributed by atoms with Crippen LogP contribution >= 0.6 is 23.2 Å². The number of alkyl halides is 2. The van der Waals surface area contributed by atoms with Crippen LogP contribution in [0.5, 0.6) is 0 Å². The Morgan fingerprint density at radius 3 is 2.17 bits per heavy atom. The first-order chi connectivity index (χ1) is 10.6. The highest BCUT2D eigenvalue weighted by atomic mass is 35.5. The summed E-state index contributed by atoms with van der Waals surface area (Å²) in [5.74, 6) is -1.14. The molecule has 1 amide bonds. The molecule has 1 saturated carbocycles. The van der Waals surface area contributed by atoms with Crippen molar-refractivity contribution in [1.82, 2.24) is 0 Å². The van der Waals surface area contributed by atoms with E-state index < -0.39 is 27.7 Å². The Labute approximate surface area is 144 Å². The van der Waals surface area contributed by atoms with Gasteiger partial charge in [-0.3, -0.25) is 14.4 Å². The van der Waals surface area contributed by atoms with E-state index >= 15 is 0 Å². The van der Waals surface area contributed by atoms with E-state index in [2.05, 4.69) is 5.32 Å². The van der Waals surface area contributed by atoms with Crippen LogP contribution < -0.4 is 5.32 Å². The van der Waals surface area contributed by atoms with E-state index in [1.807, 2.05) is 0 Å². The summed E-state index contributed by atoms with van der Waals surface area (Å²) in [6.07, 6.45) is -0.695. The number of anilines is 1. The molecule has 7 heteroatoms. The van der Waals surface area contributed by atoms with E-state index in [0.717, 1.165) is 0 Å². The van der Waals surface area contributed by atoms with Crippen molar-refractivity contribution in [2.45, 2.75) is 37.6 Å². The van der Waals surface area contributed by atoms with E-state index in [0.29, 0.717) is 17.7 Å². The van der Waals surface area contributed by atoms with Gasteiger partial charge in [0.1, 0.15) is 9.75 Å². The van der Waals surface area contributed by atoms with Crippen molar-refractivity contribution in [3.05, 3.63) is 29.8 Å². The second-order valence-electron chi connectivity index (χ2n) is 5.88. The molecule has 1 fully saturated rings. The quantitative estimate of drug-likeness (QED) is 0.498. The minimum absolute atomic E-state index is 0.0616. The fourth-order valence-corrected chi connectivity index (χ4v) is 2.69. The summed E-state index contributed by atoms with van der Waals surface area (Å²) in [5.41, 5.74) is 0.0719. The maximum Gasteiger partial charge on any atom is 0.315 e. The first-order valence-electron chi connectivity index (χ1n) is 7.07. The Bertz CT molecular complexity index is 657. The van der Waals surface area contributed by atoms with Gasteiger partial charge in [0.05, 0.1) is 0 Å². The van der Waals surface area contributed by atoms with Crippen LogP contribution in [0.1, 0.15) is 37.6 Å². The summed E-state index contributed by atoms with van der Waals surface area (Å²) in [7, 11) is 0. The van der Waals surface area contributed by atoms with Gasteiger partial charge in [-0.2, -0.15) is 0 Å². The van der Waals surface area contributed by atoms with Crippen LogP contribution in [0.3, 0.4) is 0 Å². The van der Waals surface area contributed by atoms with Crippen LogP contribution in [0.2, 0.25) is 0 Å². The average Bonchev–Trinajstić information content (AvgIpc) is 2.99. The predicted octanol–water partition coefficient (Wildman–Crippen LogP) is 3.34. The molecular formula is C16H17Cl2NO4. The maximum atomic E-state index is 12.1. The zero-order valence-electron chi connectivity index (χ0n) is 13.0. The molecule has 0 aliphatic heterocycles. The number of carbonyl (C=O) groups excluding carboxylic acids is 3. The molecule has 23 heavy (non-hydrogen) atoms. The molecule has 0 aromatic heterocycles. The highest BCUT2D eigenvalue weighted by Crippen LogP contribution is 2.64. The summed E-state index contributed by atoms with van der Waals surface area (Å²) in [6, 6.07) is 6.42. The Morgan fingerprint density at radius 1 is 1.22 bits per heavy atom. The summed E-state index contributed by atoms with van der Waals surface area (Å²) in [6.45, 7) is 4.52. The zero-order chi connectivity index (χ0) is 17.4. The number of nitrogens with one attached hydrogen (secondary N) is 1. The number of amides is 1. The molecule has 1 aliphatic rings. The van der Waals surface area contributed by atoms with Crippen molar-refractivity contribution < 1.29 is 19.1 Å². The molecular weight excluding hydrogens is 341 g/mol. The molecule has 2 atom stereocenters. The topological polar surface area (TPSA) is 72.5 Å². The van der Waals surface area contributed by atoms with Crippen LogP contribution in [0.25, 0.3) is 0 Å². The van der Waals surface area contributed by atoms with Gasteiger partial charge in [-0.1, -0.05) is 0 Å². The van der Waals surface area contributed by atoms with Crippen molar-refractivity contribution in [3.63, 3.8) is 0 Å². The Kier molecular flexibility index (Phi) is 4.74. The van der Waals surface area contributed by atoms with Crippen LogP contribution in [0.15, 0.2) is 24.3 Å². The number of ketones is 1. The van der Waals surface area contributed by atoms with Gasteiger partial charge in [0.2, 0.25) is 0 Å². The monoisotopic (exact) mass is 357 g/mol. The molecule has 0 bridgehead atoms. The Morgan fingerprint density at radius 2 is 1.74 bits per heavy atom. The number of ether oxygens (including phenoxy) is 1. The van der Waals surface area contributed by atoms with Crippen molar-refractivity contribution in [3.8, 4) is 0 Å². The molecule has 1 aliphatic carbocycles. The number of carbonyl (C=O) groups is 3. The molecule has 0 radical (unpaired) electrons. The van der Waals surface area contributed by atoms with Crippen LogP contribution in [-0.4, -0.2) is 28.1 Å². The maximum absolute atomic E-state index is 12.1. The van der Waals surface area contributed by atoms with Gasteiger partial charge in [-0.05, 0) is 45.0 Å². The first-order valence-corrected chi connectivity index (χ1v) is 7.83. The molecule has 2 rings (SSSR count). The zero-order valence-corrected chi connectivity index (χ0v) is 14.5. The number of rotatable bonds is 5. The lowest BCUT2D eigenvalue weighted by Crippen LogP contribution is -2.33. The third kappa shape index (κ3) is 3.67. The lowest BCUT2D eigenvalue weighted by Gasteiger charge is -2.17. The van der Waals surface area contributed by atoms with E-state index in [1.165, 1.54) is 13.8 Å². The lowest BCUT2D eigenvalue weighted by atomic mass is 10.1. The SMILES string of the molecule is CC(=O)c1ccc(NC(=O)[C@H](C)OC(=O)[C@@]2(C)CC2(Cl)Cl)cc1. The molecule has 5 nitrogen and oxygen atoms in total. The summed E-state index contributed by atoms with van der Waals surface area (Å²) < 4.78 is 4.00. The summed E-state index contributed by atoms with van der Waals surface area (Å²) in [5, 5.41) is 2.61. The van der Waals surface area contributed by atoms with Crippen molar-refractivity contribution in [2.75, 3.05) is 5.32 Å². The van der Waals surface area contributed by atoms with Gasteiger partial charge < -0.3 is 10.1 Å². The van der Waals surface area contributed by atoms with Crippen molar-refractivity contribution >= 4 is 46.5 Å². The fourth-order valence-electron chi connectivity index (χ4n) is 2.00. The van der Waals surface area contributed by atoms with Gasteiger partial charge in [0.25, 0.3) is 5.91 Å². The molecule has 1 N–H and O–H groups in total. The highest BCUT2D eigenvalue weighted by molar-refractivity contribution is 6.53. The van der Waals surface area contributed by atoms with E-state index in [-0.39, 0.29) is 5.78 Å². The van der Waals surface area contributed by atoms with Gasteiger partial charge in [-0.25, -0.2) is 0 Å². The number of Topliss-reactive ketones (excluding diaryl/α,β-unsaturated/α-hetero) is 1. The third-order valence-electron chi connectivity index (χ3n) is 3.92. The Hall–Kier alpha value is -1.59. The number of hydrogen-bond donors (Lipinski definition) is 1. The summed E-state index contributed by atoms with van der Waals surface area (Å²) >= 11 is 11.8. The summed E-state index contributed by atoms with van der Waals surface area (Å²) in [4.78, 5) is 35.3. The standard InChI is InChI=1S/C16H17Cl2NO4/c1-9(20)11-4-6-12(7-5-11)19-13(21)10(2)23-14(22)15(3)8-16(15,17)18/h4-7,10H,8H2,1-3H3,(H,19,21)/t10-,15+/m0/s1. The van der Waals surface area contributed by atoms with Crippen molar-refractivity contribution in [2.24, 2.45) is 5.41 Å². The van der Waals surface area contributed by atoms with E-state index in [1.54, 1.807) is 31.2 Å². The molecule has 0 spiro atoms. The van der Waals surface area contributed by atoms with Crippen LogP contribution in [-0.2, 0) is 14.3 Å². The molecule has 0 heterocycles. The predicted molar refractivity (Wildman–Crippen MR) is 87.8 cm³/mol. The molecule has 1 aromatic carbocycles. The van der Waals surface area contributed by atoms with Gasteiger partial charge in [-0.15, -0.1) is 23.2 Å². The highest BCUT2D eigenvalue weighted by Gasteiger charge is 2.69. The minimum atomic E-state index is -1.14. The van der Waals surface area contributed by atoms with E-state index in [9.17, 15) is 14.4 Å². The number of halogens is 2. The first kappa shape index (κ1) is 17.8. The van der Waals surface area contributed by atoms with Crippen molar-refractivity contribution in [1.29, 1.82) is 0 Å². The van der Waals surface area contributed by atoms with Crippen LogP contribution in [0, 0.1) is 5.41 Å². The average molecular weight is 358 g/mol. The number of benzene rings is 1. The van der Waals surface area contributed by atoms with Gasteiger partial charge in [0, 0.05) is 17.7 Å². The lowest BCUT2D eigenvalue weighted by molar-refractivity contribution is -0.158. The molecule has 0 unspecified atom stereocenters. The smallest absolute Gasteiger partial charge is 0.315 e. The minimum Gasteiger partial charge on any atom is -0.452 e. The van der Waals surface area contributed by atoms with Gasteiger partial charge >= 0.3 is 5.97 Å². The van der Waals surface area contributed by atoms with Crippen LogP contribution in [0.4, 0.5) is 5.69 Å². The largest absolute Gasteiger partial charge is 0.452 e. The molecule has 124 valence electrons. The molecule has 1 aromatic rings.